The van der Waals surface area contributed by atoms with Gasteiger partial charge in [-0.15, -0.1) is 0 Å². The molecule has 20 heavy (non-hydrogen) atoms. The molecule has 1 aromatic carbocycles. The smallest absolute Gasteiger partial charge is 0.127 e. The van der Waals surface area contributed by atoms with Crippen LogP contribution in [0.3, 0.4) is 0 Å². The van der Waals surface area contributed by atoms with Gasteiger partial charge in [0.2, 0.25) is 0 Å². The molecule has 2 rings (SSSR count). The Kier molecular flexibility index (Phi) is 5.25. The van der Waals surface area contributed by atoms with Crippen LogP contribution in [-0.2, 0) is 6.42 Å². The van der Waals surface area contributed by atoms with Crippen LogP contribution in [0.15, 0.2) is 22.7 Å². The quantitative estimate of drug-likeness (QED) is 0.818. The molecule has 3 heteroatoms. The van der Waals surface area contributed by atoms with Gasteiger partial charge in [0, 0.05) is 10.0 Å². The molecule has 0 aliphatic heterocycles. The number of nitrogens with one attached hydrogen (secondary N) is 1. The Bertz CT molecular complexity index is 453. The fraction of sp³-hybridized carbons (Fsp3) is 0.647. The molecule has 0 radical (unpaired) electrons. The molecule has 1 saturated carbocycles. The summed E-state index contributed by atoms with van der Waals surface area (Å²) in [6.07, 6.45) is 4.65. The van der Waals surface area contributed by atoms with Crippen molar-refractivity contribution in [3.8, 4) is 0 Å². The SMILES string of the molecule is CC(C)(C)NCC1CCCC1Cc1ccc(Br)cc1F. The van der Waals surface area contributed by atoms with Gasteiger partial charge in [-0.3, -0.25) is 0 Å². The molecule has 0 saturated heterocycles. The van der Waals surface area contributed by atoms with Gasteiger partial charge in [0.1, 0.15) is 5.82 Å². The van der Waals surface area contributed by atoms with Crippen molar-refractivity contribution in [1.29, 1.82) is 0 Å². The van der Waals surface area contributed by atoms with Crippen LogP contribution in [-0.4, -0.2) is 12.1 Å². The van der Waals surface area contributed by atoms with E-state index in [1.807, 2.05) is 12.1 Å². The van der Waals surface area contributed by atoms with Crippen LogP contribution >= 0.6 is 15.9 Å². The summed E-state index contributed by atoms with van der Waals surface area (Å²) in [5.41, 5.74) is 1.02. The molecule has 112 valence electrons. The molecule has 1 fully saturated rings. The number of hydrogen-bond acceptors (Lipinski definition) is 1. The highest BCUT2D eigenvalue weighted by atomic mass is 79.9. The predicted octanol–water partition coefficient (Wildman–Crippen LogP) is 4.94. The Balaban J connectivity index is 1.97. The first-order valence-corrected chi connectivity index (χ1v) is 8.33. The van der Waals surface area contributed by atoms with Crippen molar-refractivity contribution in [3.05, 3.63) is 34.1 Å². The van der Waals surface area contributed by atoms with Crippen molar-refractivity contribution < 1.29 is 4.39 Å². The zero-order valence-electron chi connectivity index (χ0n) is 12.7. The van der Waals surface area contributed by atoms with Gasteiger partial charge < -0.3 is 5.32 Å². The fourth-order valence-electron chi connectivity index (χ4n) is 3.06. The summed E-state index contributed by atoms with van der Waals surface area (Å²) in [6, 6.07) is 5.44. The molecule has 1 nitrogen and oxygen atoms in total. The third-order valence-corrected chi connectivity index (χ3v) is 4.70. The van der Waals surface area contributed by atoms with E-state index in [4.69, 9.17) is 0 Å². The minimum absolute atomic E-state index is 0.0752. The Morgan fingerprint density at radius 2 is 1.95 bits per heavy atom. The van der Waals surface area contributed by atoms with E-state index in [9.17, 15) is 4.39 Å². The predicted molar refractivity (Wildman–Crippen MR) is 86.4 cm³/mol. The first kappa shape index (κ1) is 16.0. The highest BCUT2D eigenvalue weighted by Gasteiger charge is 2.28. The van der Waals surface area contributed by atoms with E-state index in [-0.39, 0.29) is 11.4 Å². The van der Waals surface area contributed by atoms with Crippen molar-refractivity contribution in [2.45, 2.75) is 52.0 Å². The Morgan fingerprint density at radius 3 is 2.60 bits per heavy atom. The van der Waals surface area contributed by atoms with Crippen LogP contribution < -0.4 is 5.32 Å². The molecular formula is C17H25BrFN. The van der Waals surface area contributed by atoms with E-state index in [1.165, 1.54) is 19.3 Å². The van der Waals surface area contributed by atoms with Gasteiger partial charge in [0.05, 0.1) is 0 Å². The van der Waals surface area contributed by atoms with Crippen LogP contribution in [0.5, 0.6) is 0 Å². The third-order valence-electron chi connectivity index (χ3n) is 4.21. The van der Waals surface area contributed by atoms with E-state index in [1.54, 1.807) is 6.07 Å². The topological polar surface area (TPSA) is 12.0 Å². The molecule has 1 aromatic rings. The van der Waals surface area contributed by atoms with E-state index in [0.717, 1.165) is 23.0 Å². The number of benzene rings is 1. The van der Waals surface area contributed by atoms with Gasteiger partial charge in [0.25, 0.3) is 0 Å². The molecule has 0 bridgehead atoms. The minimum atomic E-state index is -0.0752. The van der Waals surface area contributed by atoms with Crippen molar-refractivity contribution in [2.24, 2.45) is 11.8 Å². The van der Waals surface area contributed by atoms with Crippen LogP contribution in [0.25, 0.3) is 0 Å². The largest absolute Gasteiger partial charge is 0.312 e. The molecule has 1 aliphatic rings. The maximum atomic E-state index is 14.0. The molecular weight excluding hydrogens is 317 g/mol. The molecule has 1 aliphatic carbocycles. The van der Waals surface area contributed by atoms with Crippen molar-refractivity contribution in [3.63, 3.8) is 0 Å². The fourth-order valence-corrected chi connectivity index (χ4v) is 3.39. The lowest BCUT2D eigenvalue weighted by Crippen LogP contribution is -2.40. The van der Waals surface area contributed by atoms with Gasteiger partial charge in [0.15, 0.2) is 0 Å². The monoisotopic (exact) mass is 341 g/mol. The number of hydrogen-bond donors (Lipinski definition) is 1. The summed E-state index contributed by atoms with van der Waals surface area (Å²) >= 11 is 3.32. The summed E-state index contributed by atoms with van der Waals surface area (Å²) in [7, 11) is 0. The summed E-state index contributed by atoms with van der Waals surface area (Å²) in [5, 5.41) is 3.60. The Labute approximate surface area is 130 Å². The second-order valence-electron chi connectivity index (χ2n) is 7.02. The number of rotatable bonds is 4. The summed E-state index contributed by atoms with van der Waals surface area (Å²) in [5.74, 6) is 1.21. The van der Waals surface area contributed by atoms with Crippen LogP contribution in [0.4, 0.5) is 4.39 Å². The second-order valence-corrected chi connectivity index (χ2v) is 7.94. The van der Waals surface area contributed by atoms with E-state index in [0.29, 0.717) is 11.8 Å². The zero-order valence-corrected chi connectivity index (χ0v) is 14.3. The van der Waals surface area contributed by atoms with Gasteiger partial charge in [-0.2, -0.15) is 0 Å². The van der Waals surface area contributed by atoms with E-state index in [2.05, 4.69) is 42.0 Å². The lowest BCUT2D eigenvalue weighted by Gasteiger charge is -2.26. The zero-order chi connectivity index (χ0) is 14.8. The highest BCUT2D eigenvalue weighted by molar-refractivity contribution is 9.10. The average molecular weight is 342 g/mol. The van der Waals surface area contributed by atoms with Gasteiger partial charge in [-0.1, -0.05) is 28.4 Å². The summed E-state index contributed by atoms with van der Waals surface area (Å²) < 4.78 is 14.8. The first-order valence-electron chi connectivity index (χ1n) is 7.54. The second kappa shape index (κ2) is 6.57. The first-order chi connectivity index (χ1) is 9.35. The third kappa shape index (κ3) is 4.56. The molecule has 0 heterocycles. The lowest BCUT2D eigenvalue weighted by atomic mass is 9.89. The molecule has 0 aromatic heterocycles. The van der Waals surface area contributed by atoms with Crippen molar-refractivity contribution in [2.75, 3.05) is 6.54 Å². The average Bonchev–Trinajstić information content (AvgIpc) is 2.77. The van der Waals surface area contributed by atoms with Crippen molar-refractivity contribution in [1.82, 2.24) is 5.32 Å². The molecule has 2 unspecified atom stereocenters. The molecule has 0 amide bonds. The van der Waals surface area contributed by atoms with Gasteiger partial charge in [-0.05, 0) is 76.1 Å². The normalized spacial score (nSPS) is 23.2. The molecule has 0 spiro atoms. The van der Waals surface area contributed by atoms with Crippen LogP contribution in [0.1, 0.15) is 45.6 Å². The number of halogens is 2. The van der Waals surface area contributed by atoms with E-state index < -0.39 is 0 Å². The maximum Gasteiger partial charge on any atom is 0.127 e. The van der Waals surface area contributed by atoms with Crippen LogP contribution in [0.2, 0.25) is 0 Å². The highest BCUT2D eigenvalue weighted by Crippen LogP contribution is 2.35. The Morgan fingerprint density at radius 1 is 1.25 bits per heavy atom. The van der Waals surface area contributed by atoms with Gasteiger partial charge in [-0.25, -0.2) is 4.39 Å². The maximum absolute atomic E-state index is 14.0. The molecule has 2 atom stereocenters. The summed E-state index contributed by atoms with van der Waals surface area (Å²) in [6.45, 7) is 7.65. The van der Waals surface area contributed by atoms with Crippen molar-refractivity contribution >= 4 is 15.9 Å². The van der Waals surface area contributed by atoms with Crippen LogP contribution in [0, 0.1) is 17.7 Å². The Hall–Kier alpha value is -0.410. The van der Waals surface area contributed by atoms with Gasteiger partial charge >= 0.3 is 0 Å². The standard InChI is InChI=1S/C17H25BrFN/c1-17(2,3)20-11-14-6-4-5-12(14)9-13-7-8-15(18)10-16(13)19/h7-8,10,12,14,20H,4-6,9,11H2,1-3H3. The molecule has 1 N–H and O–H groups in total. The summed E-state index contributed by atoms with van der Waals surface area (Å²) in [4.78, 5) is 0. The van der Waals surface area contributed by atoms with E-state index >= 15 is 0 Å². The minimum Gasteiger partial charge on any atom is -0.312 e. The lowest BCUT2D eigenvalue weighted by molar-refractivity contribution is 0.315.